The number of hydrogen-bond acceptors (Lipinski definition) is 10. The molecule has 3 aliphatic heterocycles. The van der Waals surface area contributed by atoms with Crippen LogP contribution in [-0.4, -0.2) is 101 Å². The smallest absolute Gasteiger partial charge is 0.361 e. The first-order valence-electron chi connectivity index (χ1n) is 16.5. The van der Waals surface area contributed by atoms with E-state index in [0.717, 1.165) is 10.6 Å². The molecule has 0 aliphatic carbocycles. The van der Waals surface area contributed by atoms with Gasteiger partial charge in [-0.25, -0.2) is 14.0 Å². The maximum Gasteiger partial charge on any atom is 0.361 e. The lowest BCUT2D eigenvalue weighted by atomic mass is 10.0. The van der Waals surface area contributed by atoms with Crippen molar-refractivity contribution in [2.45, 2.75) is 31.3 Å². The first-order valence-corrected chi connectivity index (χ1v) is 18.5. The van der Waals surface area contributed by atoms with Crippen molar-refractivity contribution >= 4 is 63.4 Å². The molecule has 3 aliphatic rings. The minimum atomic E-state index is -0.801. The van der Waals surface area contributed by atoms with Gasteiger partial charge in [0.05, 0.1) is 43.5 Å². The summed E-state index contributed by atoms with van der Waals surface area (Å²) >= 11 is 2.95. The summed E-state index contributed by atoms with van der Waals surface area (Å²) in [6.45, 7) is 11.1. The van der Waals surface area contributed by atoms with E-state index in [9.17, 15) is 24.0 Å². The molecule has 1 aromatic carbocycles. The van der Waals surface area contributed by atoms with Gasteiger partial charge >= 0.3 is 11.9 Å². The number of hydrogen-bond donors (Lipinski definition) is 1. The third kappa shape index (κ3) is 7.43. The summed E-state index contributed by atoms with van der Waals surface area (Å²) in [6.07, 6.45) is 4.46. The second kappa shape index (κ2) is 16.3. The number of aromatic nitrogens is 1. The number of amides is 2. The number of thioether (sulfide) groups is 1. The van der Waals surface area contributed by atoms with Gasteiger partial charge in [-0.15, -0.1) is 23.1 Å². The van der Waals surface area contributed by atoms with Crippen LogP contribution in [0.2, 0.25) is 0 Å². The number of nitrogens with one attached hydrogen (secondary N) is 1. The van der Waals surface area contributed by atoms with Crippen LogP contribution in [0.4, 0.5) is 10.1 Å². The van der Waals surface area contributed by atoms with Gasteiger partial charge in [0.2, 0.25) is 11.3 Å². The molecule has 2 fully saturated rings. The lowest BCUT2D eigenvalue weighted by Crippen LogP contribution is -3.00. The summed E-state index contributed by atoms with van der Waals surface area (Å²) in [5, 5.41) is 4.35. The number of likely N-dealkylation sites (N-methyl/N-ethyl adjacent to an activating group) is 1. The molecular formula is C36H39FIN5O7S2. The number of benzene rings is 1. The number of nitrogens with zero attached hydrogens (tertiary/aromatic N) is 4. The van der Waals surface area contributed by atoms with Crippen molar-refractivity contribution in [3.05, 3.63) is 99.0 Å². The number of carbonyl (C=O) groups excluding carboxylic acids is 4. The van der Waals surface area contributed by atoms with E-state index in [2.05, 4.69) is 18.5 Å². The molecular weight excluding hydrogens is 824 g/mol. The van der Waals surface area contributed by atoms with Crippen LogP contribution >= 0.6 is 23.1 Å². The molecule has 3 aromatic rings. The second-order valence-corrected chi connectivity index (χ2v) is 14.7. The van der Waals surface area contributed by atoms with Crippen LogP contribution in [0, 0.1) is 5.82 Å². The van der Waals surface area contributed by atoms with Gasteiger partial charge in [-0.05, 0) is 30.5 Å². The fourth-order valence-electron chi connectivity index (χ4n) is 6.68. The van der Waals surface area contributed by atoms with Crippen molar-refractivity contribution in [1.29, 1.82) is 0 Å². The number of piperazine rings is 1. The number of fused-ring (bicyclic) bond motifs is 2. The Hall–Kier alpha value is -4.00. The third-order valence-electron chi connectivity index (χ3n) is 9.47. The zero-order valence-corrected chi connectivity index (χ0v) is 32.6. The molecule has 2 atom stereocenters. The molecule has 0 unspecified atom stereocenters. The average Bonchev–Trinajstić information content (AvgIpc) is 3.64. The van der Waals surface area contributed by atoms with E-state index in [-0.39, 0.29) is 72.1 Å². The zero-order chi connectivity index (χ0) is 36.4. The van der Waals surface area contributed by atoms with Crippen molar-refractivity contribution < 1.29 is 61.5 Å². The van der Waals surface area contributed by atoms with Crippen molar-refractivity contribution in [1.82, 2.24) is 14.8 Å². The first kappa shape index (κ1) is 39.2. The molecule has 5 heterocycles. The molecule has 2 saturated heterocycles. The number of quaternary nitrogens is 1. The molecule has 16 heteroatoms. The second-order valence-electron chi connectivity index (χ2n) is 12.6. The molecule has 12 nitrogen and oxygen atoms in total. The molecule has 6 rings (SSSR count). The number of β-lactam (4-membered cyclic amide) rings is 1. The number of carbonyl (C=O) groups is 4. The minimum absolute atomic E-state index is 0. The fraction of sp³-hybridized carbons (Fsp3) is 0.361. The Morgan fingerprint density at radius 3 is 2.42 bits per heavy atom. The number of pyridine rings is 1. The molecule has 2 amide bonds. The lowest BCUT2D eigenvalue weighted by Gasteiger charge is -2.52. The Labute approximate surface area is 325 Å². The highest BCUT2D eigenvalue weighted by atomic mass is 127. The van der Waals surface area contributed by atoms with Gasteiger partial charge in [-0.3, -0.25) is 23.8 Å². The van der Waals surface area contributed by atoms with Crippen molar-refractivity contribution in [3.8, 4) is 0 Å². The summed E-state index contributed by atoms with van der Waals surface area (Å²) in [7, 11) is 1.98. The zero-order valence-electron chi connectivity index (χ0n) is 28.8. The van der Waals surface area contributed by atoms with Crippen molar-refractivity contribution in [2.24, 2.45) is 0 Å². The van der Waals surface area contributed by atoms with Crippen LogP contribution in [0.3, 0.4) is 0 Å². The molecule has 0 bridgehead atoms. The number of rotatable bonds is 12. The van der Waals surface area contributed by atoms with Crippen LogP contribution in [0.5, 0.6) is 0 Å². The Morgan fingerprint density at radius 2 is 1.79 bits per heavy atom. The molecule has 52 heavy (non-hydrogen) atoms. The third-order valence-corrected chi connectivity index (χ3v) is 11.6. The summed E-state index contributed by atoms with van der Waals surface area (Å²) in [5.41, 5.74) is 0.903. The quantitative estimate of drug-likeness (QED) is 0.0908. The van der Waals surface area contributed by atoms with E-state index < -0.39 is 34.6 Å². The Morgan fingerprint density at radius 1 is 1.10 bits per heavy atom. The van der Waals surface area contributed by atoms with Gasteiger partial charge < -0.3 is 48.2 Å². The van der Waals surface area contributed by atoms with Gasteiger partial charge in [0.15, 0.2) is 11.4 Å². The number of anilines is 1. The predicted octanol–water partition coefficient (Wildman–Crippen LogP) is 0.419. The van der Waals surface area contributed by atoms with Gasteiger partial charge in [0.25, 0.3) is 5.91 Å². The van der Waals surface area contributed by atoms with Crippen LogP contribution in [0.25, 0.3) is 10.9 Å². The molecule has 0 saturated carbocycles. The number of ether oxygens (including phenoxy) is 2. The van der Waals surface area contributed by atoms with Crippen LogP contribution in [0.15, 0.2) is 77.3 Å². The maximum absolute atomic E-state index is 15.8. The Bertz CT molecular complexity index is 2010. The molecule has 2 aromatic heterocycles. The van der Waals surface area contributed by atoms with Gasteiger partial charge in [-0.1, -0.05) is 31.4 Å². The normalized spacial score (nSPS) is 19.2. The number of aryl methyl sites for hydroxylation is 1. The van der Waals surface area contributed by atoms with E-state index in [1.165, 1.54) is 52.4 Å². The van der Waals surface area contributed by atoms with Crippen molar-refractivity contribution in [3.63, 3.8) is 0 Å². The van der Waals surface area contributed by atoms with Gasteiger partial charge in [-0.2, -0.15) is 0 Å². The predicted molar refractivity (Wildman–Crippen MR) is 194 cm³/mol. The van der Waals surface area contributed by atoms with Crippen LogP contribution in [0.1, 0.15) is 22.2 Å². The first-order chi connectivity index (χ1) is 24.5. The summed E-state index contributed by atoms with van der Waals surface area (Å²) < 4.78 is 28.4. The number of esters is 2. The van der Waals surface area contributed by atoms with E-state index in [1.807, 2.05) is 36.4 Å². The van der Waals surface area contributed by atoms with Crippen molar-refractivity contribution in [2.75, 3.05) is 57.1 Å². The minimum Gasteiger partial charge on any atom is -1.00 e. The largest absolute Gasteiger partial charge is 1.00 e. The maximum atomic E-state index is 15.8. The topological polar surface area (TPSA) is 127 Å². The van der Waals surface area contributed by atoms with E-state index in [1.54, 1.807) is 10.6 Å². The SMILES string of the molecule is C=CCOC(=O)C1=C([N+]2(C)CCN(c3cc4c(cc3F)c(=O)c(C(=O)OCC=C)cn4CC)CC2)CS[C@@H]2[C@H](NC(=O)Cc3cccs3)C(=O)N12.[I-]. The summed E-state index contributed by atoms with van der Waals surface area (Å²) in [4.78, 5) is 69.9. The highest BCUT2D eigenvalue weighted by Crippen LogP contribution is 2.43. The van der Waals surface area contributed by atoms with Gasteiger partial charge in [0.1, 0.15) is 49.1 Å². The highest BCUT2D eigenvalue weighted by Gasteiger charge is 2.57. The van der Waals surface area contributed by atoms with Gasteiger partial charge in [0, 0.05) is 23.0 Å². The average molecular weight is 864 g/mol. The summed E-state index contributed by atoms with van der Waals surface area (Å²) in [5.74, 6) is -2.26. The Kier molecular flexibility index (Phi) is 12.3. The lowest BCUT2D eigenvalue weighted by molar-refractivity contribution is -0.873. The molecule has 0 spiro atoms. The number of halogens is 2. The van der Waals surface area contributed by atoms with E-state index in [0.29, 0.717) is 54.2 Å². The standard InChI is InChI=1S/C36H38FN5O7S2.HI/c1-5-14-48-35(46)24-20-39(7-3)26-19-27(25(37)18-23(26)32(24)44)40-10-12-42(4,13-11-40)28-21-51-34-30(38-29(43)17-22-9-8-16-50-22)33(45)41(34)31(28)36(47)49-15-6-2;/h5-6,8-9,16,18-20,30,34H,1-2,7,10-15,17,21H2,3-4H3;1H/t30-,34-;/m1./s1. The number of thiophene rings is 1. The monoisotopic (exact) mass is 863 g/mol. The Balaban J connectivity index is 0.00000523. The molecule has 1 N–H and O–H groups in total. The van der Waals surface area contributed by atoms with Crippen LogP contribution < -0.4 is 39.6 Å². The molecule has 0 radical (unpaired) electrons. The molecule has 276 valence electrons. The van der Waals surface area contributed by atoms with Crippen LogP contribution in [-0.2, 0) is 36.8 Å². The fourth-order valence-corrected chi connectivity index (χ4v) is 8.90. The highest BCUT2D eigenvalue weighted by molar-refractivity contribution is 8.00. The van der Waals surface area contributed by atoms with E-state index in [4.69, 9.17) is 9.47 Å². The summed E-state index contributed by atoms with van der Waals surface area (Å²) in [6, 6.07) is 5.77. The van der Waals surface area contributed by atoms with E-state index >= 15 is 4.39 Å².